The number of hydrogen-bond acceptors (Lipinski definition) is 5. The summed E-state index contributed by atoms with van der Waals surface area (Å²) in [6.07, 6.45) is 2.33. The first-order valence-electron chi connectivity index (χ1n) is 5.67. The second-order valence-electron chi connectivity index (χ2n) is 4.52. The minimum absolute atomic E-state index is 0.149. The highest BCUT2D eigenvalue weighted by molar-refractivity contribution is 7.89. The third-order valence-corrected chi connectivity index (χ3v) is 3.70. The predicted octanol–water partition coefficient (Wildman–Crippen LogP) is 0.928. The van der Waals surface area contributed by atoms with Crippen molar-refractivity contribution in [1.29, 1.82) is 0 Å². The van der Waals surface area contributed by atoms with Crippen LogP contribution in [0.2, 0.25) is 0 Å². The van der Waals surface area contributed by atoms with Crippen LogP contribution in [0, 0.1) is 6.92 Å². The van der Waals surface area contributed by atoms with E-state index >= 15 is 0 Å². The minimum atomic E-state index is -3.71. The molecule has 0 fully saturated rings. The molecule has 0 aliphatic heterocycles. The van der Waals surface area contributed by atoms with Crippen LogP contribution >= 0.6 is 0 Å². The molecule has 18 heavy (non-hydrogen) atoms. The minimum Gasteiger partial charge on any atom is -0.366 e. The summed E-state index contributed by atoms with van der Waals surface area (Å²) in [4.78, 5) is 8.22. The molecule has 7 heteroatoms. The van der Waals surface area contributed by atoms with Crippen LogP contribution in [0.5, 0.6) is 0 Å². The van der Waals surface area contributed by atoms with Gasteiger partial charge in [-0.15, -0.1) is 0 Å². The van der Waals surface area contributed by atoms with Crippen molar-refractivity contribution in [3.05, 3.63) is 23.8 Å². The summed E-state index contributed by atoms with van der Waals surface area (Å²) in [5.41, 5.74) is 0.894. The normalized spacial score (nSPS) is 15.7. The fraction of sp³-hybridized carbons (Fsp3) is 0.636. The van der Waals surface area contributed by atoms with Gasteiger partial charge in [0.25, 0.3) is 0 Å². The molecule has 0 spiro atoms. The Hall–Kier alpha value is -1.05. The van der Waals surface area contributed by atoms with Crippen molar-refractivity contribution in [3.63, 3.8) is 0 Å². The number of aromatic nitrogens is 2. The number of ether oxygens (including phenoxy) is 1. The highest BCUT2D eigenvalue weighted by Crippen LogP contribution is 2.23. The van der Waals surface area contributed by atoms with Crippen LogP contribution in [-0.2, 0) is 14.8 Å². The van der Waals surface area contributed by atoms with E-state index in [1.54, 1.807) is 12.4 Å². The molecular weight excluding hydrogens is 254 g/mol. The van der Waals surface area contributed by atoms with Crippen LogP contribution in [0.3, 0.4) is 0 Å². The maximum atomic E-state index is 11.4. The Bertz CT molecular complexity index is 485. The quantitative estimate of drug-likeness (QED) is 0.861. The standard InChI is InChI=1S/C11H19N3O3S/c1-7(2)17-10(9(4)18(12,15)16)11-13-5-8(3)6-14-11/h5-7,9-10H,1-4H3,(H2,12,15,16)/t9-,10+/m0/s1. The number of sulfonamides is 1. The van der Waals surface area contributed by atoms with Gasteiger partial charge in [-0.2, -0.15) is 0 Å². The molecule has 0 amide bonds. The number of primary sulfonamides is 1. The number of nitrogens with two attached hydrogens (primary N) is 1. The summed E-state index contributed by atoms with van der Waals surface area (Å²) in [5.74, 6) is 0.329. The van der Waals surface area contributed by atoms with Gasteiger partial charge in [-0.3, -0.25) is 0 Å². The highest BCUT2D eigenvalue weighted by atomic mass is 32.2. The van der Waals surface area contributed by atoms with E-state index in [0.717, 1.165) is 5.56 Å². The molecule has 1 rings (SSSR count). The van der Waals surface area contributed by atoms with Crippen LogP contribution in [-0.4, -0.2) is 29.7 Å². The Morgan fingerprint density at radius 3 is 2.11 bits per heavy atom. The van der Waals surface area contributed by atoms with E-state index in [1.165, 1.54) is 6.92 Å². The lowest BCUT2D eigenvalue weighted by molar-refractivity contribution is 0.00144. The Balaban J connectivity index is 3.09. The smallest absolute Gasteiger partial charge is 0.214 e. The van der Waals surface area contributed by atoms with Gasteiger partial charge in [0.1, 0.15) is 11.4 Å². The monoisotopic (exact) mass is 273 g/mol. The van der Waals surface area contributed by atoms with Crippen molar-refractivity contribution in [2.75, 3.05) is 0 Å². The first-order valence-corrected chi connectivity index (χ1v) is 7.28. The molecule has 0 saturated heterocycles. The molecule has 1 aromatic rings. The second kappa shape index (κ2) is 5.73. The fourth-order valence-corrected chi connectivity index (χ4v) is 1.93. The highest BCUT2D eigenvalue weighted by Gasteiger charge is 2.31. The van der Waals surface area contributed by atoms with Crippen LogP contribution in [0.1, 0.15) is 38.3 Å². The van der Waals surface area contributed by atoms with Gasteiger partial charge in [0, 0.05) is 12.4 Å². The maximum Gasteiger partial charge on any atom is 0.214 e. The van der Waals surface area contributed by atoms with Crippen molar-refractivity contribution >= 4 is 10.0 Å². The first-order chi connectivity index (χ1) is 8.21. The number of hydrogen-bond donors (Lipinski definition) is 1. The predicted molar refractivity (Wildman–Crippen MR) is 68.3 cm³/mol. The molecule has 2 atom stereocenters. The van der Waals surface area contributed by atoms with Gasteiger partial charge in [0.2, 0.25) is 10.0 Å². The molecule has 1 heterocycles. The zero-order chi connectivity index (χ0) is 13.9. The average molecular weight is 273 g/mol. The lowest BCUT2D eigenvalue weighted by Crippen LogP contribution is -2.34. The van der Waals surface area contributed by atoms with E-state index in [1.807, 2.05) is 20.8 Å². The summed E-state index contributed by atoms with van der Waals surface area (Å²) in [7, 11) is -3.71. The summed E-state index contributed by atoms with van der Waals surface area (Å²) >= 11 is 0. The number of rotatable bonds is 5. The molecule has 0 bridgehead atoms. The van der Waals surface area contributed by atoms with E-state index in [2.05, 4.69) is 9.97 Å². The molecule has 0 aliphatic carbocycles. The van der Waals surface area contributed by atoms with Gasteiger partial charge in [0.15, 0.2) is 5.82 Å². The maximum absolute atomic E-state index is 11.4. The van der Waals surface area contributed by atoms with Crippen LogP contribution in [0.4, 0.5) is 0 Å². The van der Waals surface area contributed by atoms with Crippen LogP contribution in [0.15, 0.2) is 12.4 Å². The van der Waals surface area contributed by atoms with Crippen LogP contribution in [0.25, 0.3) is 0 Å². The van der Waals surface area contributed by atoms with Crippen molar-refractivity contribution in [2.24, 2.45) is 5.14 Å². The lowest BCUT2D eigenvalue weighted by atomic mass is 10.2. The Morgan fingerprint density at radius 1 is 1.22 bits per heavy atom. The third kappa shape index (κ3) is 4.01. The van der Waals surface area contributed by atoms with Gasteiger partial charge < -0.3 is 4.74 Å². The van der Waals surface area contributed by atoms with Gasteiger partial charge in [-0.1, -0.05) is 0 Å². The SMILES string of the molecule is Cc1cnc([C@H](OC(C)C)[C@H](C)S(N)(=O)=O)nc1. The van der Waals surface area contributed by atoms with E-state index in [4.69, 9.17) is 9.88 Å². The number of nitrogens with zero attached hydrogens (tertiary/aromatic N) is 2. The van der Waals surface area contributed by atoms with E-state index in [-0.39, 0.29) is 6.10 Å². The van der Waals surface area contributed by atoms with Crippen molar-refractivity contribution in [1.82, 2.24) is 9.97 Å². The topological polar surface area (TPSA) is 95.2 Å². The van der Waals surface area contributed by atoms with Gasteiger partial charge in [0.05, 0.1) is 6.10 Å². The van der Waals surface area contributed by atoms with E-state index in [0.29, 0.717) is 5.82 Å². The molecule has 1 aromatic heterocycles. The largest absolute Gasteiger partial charge is 0.366 e. The Labute approximate surface area is 108 Å². The van der Waals surface area contributed by atoms with E-state index < -0.39 is 21.4 Å². The molecule has 2 N–H and O–H groups in total. The van der Waals surface area contributed by atoms with Gasteiger partial charge >= 0.3 is 0 Å². The summed E-state index contributed by atoms with van der Waals surface area (Å²) in [6.45, 7) is 6.98. The molecule has 0 aliphatic rings. The summed E-state index contributed by atoms with van der Waals surface area (Å²) < 4.78 is 28.5. The lowest BCUT2D eigenvalue weighted by Gasteiger charge is -2.23. The molecule has 0 radical (unpaired) electrons. The first kappa shape index (κ1) is 15.0. The zero-order valence-electron chi connectivity index (χ0n) is 11.0. The molecule has 6 nitrogen and oxygen atoms in total. The average Bonchev–Trinajstić information content (AvgIpc) is 2.25. The van der Waals surface area contributed by atoms with Gasteiger partial charge in [-0.25, -0.2) is 23.5 Å². The molecule has 0 aromatic carbocycles. The Kier molecular flexibility index (Phi) is 4.78. The number of aryl methyl sites for hydroxylation is 1. The summed E-state index contributed by atoms with van der Waals surface area (Å²) in [6, 6.07) is 0. The van der Waals surface area contributed by atoms with Crippen molar-refractivity contribution in [3.8, 4) is 0 Å². The van der Waals surface area contributed by atoms with Crippen molar-refractivity contribution < 1.29 is 13.2 Å². The van der Waals surface area contributed by atoms with Crippen LogP contribution < -0.4 is 5.14 Å². The fourth-order valence-electron chi connectivity index (χ4n) is 1.40. The van der Waals surface area contributed by atoms with Gasteiger partial charge in [-0.05, 0) is 33.3 Å². The molecular formula is C11H19N3O3S. The summed E-state index contributed by atoms with van der Waals surface area (Å²) in [5, 5.41) is 4.26. The second-order valence-corrected chi connectivity index (χ2v) is 6.44. The van der Waals surface area contributed by atoms with E-state index in [9.17, 15) is 8.42 Å². The third-order valence-electron chi connectivity index (χ3n) is 2.42. The Morgan fingerprint density at radius 2 is 1.72 bits per heavy atom. The molecule has 0 saturated carbocycles. The molecule has 0 unspecified atom stereocenters. The molecule has 102 valence electrons. The zero-order valence-corrected chi connectivity index (χ0v) is 11.8. The van der Waals surface area contributed by atoms with Crippen molar-refractivity contribution in [2.45, 2.75) is 45.2 Å².